The monoisotopic (exact) mass is 236 g/mol. The topological polar surface area (TPSA) is 55.1 Å². The zero-order chi connectivity index (χ0) is 12.6. The Morgan fingerprint density at radius 3 is 2.56 bits per heavy atom. The molecule has 0 rings (SSSR count). The first-order valence-electron chi connectivity index (χ1n) is 4.90. The Kier molecular flexibility index (Phi) is 6.58. The van der Waals surface area contributed by atoms with Gasteiger partial charge in [-0.15, -0.1) is 12.3 Å². The first-order chi connectivity index (χ1) is 7.37. The molecule has 0 heterocycles. The van der Waals surface area contributed by atoms with Crippen LogP contribution in [-0.2, 0) is 4.79 Å². The summed E-state index contributed by atoms with van der Waals surface area (Å²) in [6.45, 7) is 0.188. The van der Waals surface area contributed by atoms with Crippen molar-refractivity contribution in [2.45, 2.75) is 37.9 Å². The highest BCUT2D eigenvalue weighted by Gasteiger charge is 2.25. The summed E-state index contributed by atoms with van der Waals surface area (Å²) in [6, 6.07) is -0.785. The van der Waals surface area contributed by atoms with Crippen LogP contribution in [-0.4, -0.2) is 24.7 Å². The molecular weight excluding hydrogens is 221 g/mol. The number of rotatable bonds is 6. The maximum Gasteiger partial charge on any atom is 0.389 e. The van der Waals surface area contributed by atoms with Gasteiger partial charge in [0.15, 0.2) is 0 Å². The van der Waals surface area contributed by atoms with Gasteiger partial charge in [-0.1, -0.05) is 0 Å². The van der Waals surface area contributed by atoms with Crippen LogP contribution in [0.15, 0.2) is 0 Å². The Bertz CT molecular complexity index is 258. The van der Waals surface area contributed by atoms with Crippen molar-refractivity contribution in [2.75, 3.05) is 6.54 Å². The van der Waals surface area contributed by atoms with Crippen LogP contribution in [0.4, 0.5) is 13.2 Å². The molecule has 3 nitrogen and oxygen atoms in total. The van der Waals surface area contributed by atoms with E-state index in [1.165, 1.54) is 0 Å². The second kappa shape index (κ2) is 7.12. The van der Waals surface area contributed by atoms with Gasteiger partial charge in [0.1, 0.15) is 0 Å². The molecule has 6 heteroatoms. The Hall–Kier alpha value is -1.22. The van der Waals surface area contributed by atoms with Crippen molar-refractivity contribution in [1.82, 2.24) is 5.32 Å². The predicted octanol–water partition coefficient (Wildman–Crippen LogP) is 1.19. The fraction of sp³-hybridized carbons (Fsp3) is 0.700. The normalized spacial score (nSPS) is 12.9. The van der Waals surface area contributed by atoms with Gasteiger partial charge in [0.05, 0.1) is 6.04 Å². The highest BCUT2D eigenvalue weighted by atomic mass is 19.4. The van der Waals surface area contributed by atoms with Crippen LogP contribution < -0.4 is 11.1 Å². The number of nitrogens with one attached hydrogen (secondary N) is 1. The zero-order valence-electron chi connectivity index (χ0n) is 8.81. The molecule has 1 unspecified atom stereocenters. The van der Waals surface area contributed by atoms with E-state index in [9.17, 15) is 18.0 Å². The van der Waals surface area contributed by atoms with Gasteiger partial charge in [-0.2, -0.15) is 13.2 Å². The van der Waals surface area contributed by atoms with E-state index in [1.54, 1.807) is 0 Å². The van der Waals surface area contributed by atoms with E-state index in [0.29, 0.717) is 0 Å². The van der Waals surface area contributed by atoms with Crippen LogP contribution in [0.3, 0.4) is 0 Å². The van der Waals surface area contributed by atoms with Gasteiger partial charge < -0.3 is 11.1 Å². The van der Waals surface area contributed by atoms with Gasteiger partial charge in [-0.3, -0.25) is 4.79 Å². The summed E-state index contributed by atoms with van der Waals surface area (Å²) < 4.78 is 35.2. The second-order valence-corrected chi connectivity index (χ2v) is 3.38. The molecule has 0 bridgehead atoms. The Morgan fingerprint density at radius 2 is 2.06 bits per heavy atom. The fourth-order valence-electron chi connectivity index (χ4n) is 1.01. The molecule has 0 aromatic heterocycles. The largest absolute Gasteiger partial charge is 0.389 e. The third-order valence-electron chi connectivity index (χ3n) is 1.86. The van der Waals surface area contributed by atoms with Gasteiger partial charge in [0.2, 0.25) is 5.91 Å². The van der Waals surface area contributed by atoms with Crippen molar-refractivity contribution in [3.63, 3.8) is 0 Å². The van der Waals surface area contributed by atoms with Crippen LogP contribution in [0.5, 0.6) is 0 Å². The Labute approximate surface area is 92.6 Å². The number of amides is 1. The summed E-state index contributed by atoms with van der Waals surface area (Å²) in [5.41, 5.74) is 5.38. The third-order valence-corrected chi connectivity index (χ3v) is 1.86. The highest BCUT2D eigenvalue weighted by molar-refractivity contribution is 5.81. The maximum absolute atomic E-state index is 11.7. The molecule has 0 aliphatic heterocycles. The van der Waals surface area contributed by atoms with Crippen LogP contribution in [0.1, 0.15) is 25.7 Å². The molecule has 1 atom stereocenters. The number of nitrogens with two attached hydrogens (primary N) is 1. The smallest absolute Gasteiger partial charge is 0.355 e. The summed E-state index contributed by atoms with van der Waals surface area (Å²) >= 11 is 0. The third kappa shape index (κ3) is 8.12. The van der Waals surface area contributed by atoms with Crippen molar-refractivity contribution in [2.24, 2.45) is 5.73 Å². The lowest BCUT2D eigenvalue weighted by Crippen LogP contribution is -2.40. The van der Waals surface area contributed by atoms with Crippen LogP contribution in [0.2, 0.25) is 0 Å². The number of halogens is 3. The van der Waals surface area contributed by atoms with E-state index in [-0.39, 0.29) is 25.8 Å². The lowest BCUT2D eigenvalue weighted by molar-refractivity contribution is -0.135. The molecule has 0 saturated carbocycles. The molecule has 92 valence electrons. The van der Waals surface area contributed by atoms with E-state index in [0.717, 1.165) is 0 Å². The van der Waals surface area contributed by atoms with Crippen molar-refractivity contribution < 1.29 is 18.0 Å². The SMILES string of the molecule is C#CCC(N)C(=O)NCCCCC(F)(F)F. The molecule has 1 amide bonds. The van der Waals surface area contributed by atoms with Gasteiger partial charge in [-0.25, -0.2) is 0 Å². The Morgan fingerprint density at radius 1 is 1.44 bits per heavy atom. The predicted molar refractivity (Wildman–Crippen MR) is 54.3 cm³/mol. The molecular formula is C10H15F3N2O. The summed E-state index contributed by atoms with van der Waals surface area (Å²) in [5.74, 6) is 1.81. The van der Waals surface area contributed by atoms with E-state index in [2.05, 4.69) is 11.2 Å². The Balaban J connectivity index is 3.53. The van der Waals surface area contributed by atoms with E-state index in [1.807, 2.05) is 0 Å². The van der Waals surface area contributed by atoms with Crippen LogP contribution in [0, 0.1) is 12.3 Å². The molecule has 3 N–H and O–H groups in total. The fourth-order valence-corrected chi connectivity index (χ4v) is 1.01. The van der Waals surface area contributed by atoms with Gasteiger partial charge >= 0.3 is 6.18 Å². The van der Waals surface area contributed by atoms with Gasteiger partial charge in [0.25, 0.3) is 0 Å². The zero-order valence-corrected chi connectivity index (χ0v) is 8.81. The molecule has 0 fully saturated rings. The molecule has 0 radical (unpaired) electrons. The number of hydrogen-bond donors (Lipinski definition) is 2. The molecule has 16 heavy (non-hydrogen) atoms. The van der Waals surface area contributed by atoms with Gasteiger partial charge in [-0.05, 0) is 12.8 Å². The number of unbranched alkanes of at least 4 members (excludes halogenated alkanes) is 1. The minimum Gasteiger partial charge on any atom is -0.355 e. The summed E-state index contributed by atoms with van der Waals surface area (Å²) in [6.07, 6.45) is 0.373. The van der Waals surface area contributed by atoms with E-state index >= 15 is 0 Å². The highest BCUT2D eigenvalue weighted by Crippen LogP contribution is 2.21. The molecule has 0 saturated heterocycles. The summed E-state index contributed by atoms with van der Waals surface area (Å²) in [4.78, 5) is 11.1. The van der Waals surface area contributed by atoms with Crippen LogP contribution >= 0.6 is 0 Å². The number of terminal acetylenes is 1. The molecule has 0 spiro atoms. The molecule has 0 aromatic rings. The lowest BCUT2D eigenvalue weighted by atomic mass is 10.2. The first-order valence-corrected chi connectivity index (χ1v) is 4.90. The number of carbonyl (C=O) groups excluding carboxylic acids is 1. The first kappa shape index (κ1) is 14.8. The van der Waals surface area contributed by atoms with Crippen LogP contribution in [0.25, 0.3) is 0 Å². The summed E-state index contributed by atoms with van der Waals surface area (Å²) in [7, 11) is 0. The van der Waals surface area contributed by atoms with Crippen molar-refractivity contribution >= 4 is 5.91 Å². The molecule has 0 aliphatic rings. The quantitative estimate of drug-likeness (QED) is 0.537. The van der Waals surface area contributed by atoms with Crippen molar-refractivity contribution in [3.05, 3.63) is 0 Å². The van der Waals surface area contributed by atoms with Crippen molar-refractivity contribution in [1.29, 1.82) is 0 Å². The maximum atomic E-state index is 11.7. The second-order valence-electron chi connectivity index (χ2n) is 3.38. The van der Waals surface area contributed by atoms with Gasteiger partial charge in [0, 0.05) is 19.4 Å². The number of hydrogen-bond acceptors (Lipinski definition) is 2. The molecule has 0 aromatic carbocycles. The number of carbonyl (C=O) groups is 1. The van der Waals surface area contributed by atoms with E-state index < -0.39 is 24.5 Å². The molecule has 0 aliphatic carbocycles. The minimum atomic E-state index is -4.14. The minimum absolute atomic E-state index is 0.00580. The average Bonchev–Trinajstić information content (AvgIpc) is 2.15. The average molecular weight is 236 g/mol. The lowest BCUT2D eigenvalue weighted by Gasteiger charge is -2.10. The standard InChI is InChI=1S/C10H15F3N2O/c1-2-5-8(14)9(16)15-7-4-3-6-10(11,12)13/h1,8H,3-7,14H2,(H,15,16). The number of alkyl halides is 3. The summed E-state index contributed by atoms with van der Waals surface area (Å²) in [5, 5.41) is 2.43. The van der Waals surface area contributed by atoms with E-state index in [4.69, 9.17) is 12.2 Å². The van der Waals surface area contributed by atoms with Crippen molar-refractivity contribution in [3.8, 4) is 12.3 Å².